The van der Waals surface area contributed by atoms with Crippen molar-refractivity contribution in [2.45, 2.75) is 34.1 Å². The summed E-state index contributed by atoms with van der Waals surface area (Å²) in [4.78, 5) is 13.5. The van der Waals surface area contributed by atoms with Crippen LogP contribution in [-0.4, -0.2) is 15.0 Å². The van der Waals surface area contributed by atoms with E-state index in [0.717, 1.165) is 35.0 Å². The average molecular weight is 227 g/mol. The third kappa shape index (κ3) is 2.49. The maximum Gasteiger partial charge on any atom is 0.178 e. The molecule has 0 aliphatic rings. The molecular weight excluding hydrogens is 210 g/mol. The molecule has 2 aromatic rings. The standard InChI is InChI=1S/C14H17N3/c1-5-12-8-10(3)15-14(17-12)13-7-6-9(2)11(4)16-13/h6-8H,5H2,1-4H3. The van der Waals surface area contributed by atoms with Gasteiger partial charge in [-0.25, -0.2) is 15.0 Å². The van der Waals surface area contributed by atoms with Gasteiger partial charge in [0.2, 0.25) is 0 Å². The lowest BCUT2D eigenvalue weighted by atomic mass is 10.2. The number of aromatic nitrogens is 3. The average Bonchev–Trinajstić information content (AvgIpc) is 2.32. The lowest BCUT2D eigenvalue weighted by Gasteiger charge is -2.06. The van der Waals surface area contributed by atoms with Crippen molar-refractivity contribution in [1.82, 2.24) is 15.0 Å². The van der Waals surface area contributed by atoms with Crippen molar-refractivity contribution in [3.05, 3.63) is 40.8 Å². The van der Waals surface area contributed by atoms with E-state index in [1.54, 1.807) is 0 Å². The van der Waals surface area contributed by atoms with Crippen LogP contribution in [0, 0.1) is 20.8 Å². The normalized spacial score (nSPS) is 10.6. The number of rotatable bonds is 2. The summed E-state index contributed by atoms with van der Waals surface area (Å²) in [6.45, 7) is 8.15. The summed E-state index contributed by atoms with van der Waals surface area (Å²) >= 11 is 0. The van der Waals surface area contributed by atoms with Gasteiger partial charge in [0.1, 0.15) is 5.69 Å². The first kappa shape index (κ1) is 11.7. The Morgan fingerprint density at radius 1 is 1.00 bits per heavy atom. The van der Waals surface area contributed by atoms with Gasteiger partial charge in [-0.15, -0.1) is 0 Å². The Labute approximate surface area is 102 Å². The highest BCUT2D eigenvalue weighted by molar-refractivity contribution is 5.50. The number of aryl methyl sites for hydroxylation is 4. The molecule has 0 amide bonds. The molecule has 3 heteroatoms. The van der Waals surface area contributed by atoms with Gasteiger partial charge in [-0.1, -0.05) is 13.0 Å². The molecule has 17 heavy (non-hydrogen) atoms. The van der Waals surface area contributed by atoms with Crippen LogP contribution >= 0.6 is 0 Å². The fraction of sp³-hybridized carbons (Fsp3) is 0.357. The quantitative estimate of drug-likeness (QED) is 0.791. The molecule has 0 fully saturated rings. The van der Waals surface area contributed by atoms with Crippen LogP contribution in [0.2, 0.25) is 0 Å². The first-order valence-electron chi connectivity index (χ1n) is 5.89. The van der Waals surface area contributed by atoms with E-state index in [9.17, 15) is 0 Å². The van der Waals surface area contributed by atoms with E-state index in [1.807, 2.05) is 26.0 Å². The molecule has 2 aromatic heterocycles. The van der Waals surface area contributed by atoms with Crippen LogP contribution in [0.1, 0.15) is 29.6 Å². The summed E-state index contributed by atoms with van der Waals surface area (Å²) in [6.07, 6.45) is 0.918. The van der Waals surface area contributed by atoms with E-state index >= 15 is 0 Å². The molecule has 0 aromatic carbocycles. The number of nitrogens with zero attached hydrogens (tertiary/aromatic N) is 3. The van der Waals surface area contributed by atoms with Crippen LogP contribution in [-0.2, 0) is 6.42 Å². The maximum absolute atomic E-state index is 4.53. The Balaban J connectivity index is 2.52. The minimum atomic E-state index is 0.727. The van der Waals surface area contributed by atoms with E-state index < -0.39 is 0 Å². The van der Waals surface area contributed by atoms with Gasteiger partial charge in [0.25, 0.3) is 0 Å². The van der Waals surface area contributed by atoms with Gasteiger partial charge in [-0.3, -0.25) is 0 Å². The van der Waals surface area contributed by atoms with Gasteiger partial charge in [0.15, 0.2) is 5.82 Å². The van der Waals surface area contributed by atoms with Crippen molar-refractivity contribution in [3.8, 4) is 11.5 Å². The Morgan fingerprint density at radius 3 is 2.41 bits per heavy atom. The predicted molar refractivity (Wildman–Crippen MR) is 68.9 cm³/mol. The summed E-state index contributed by atoms with van der Waals surface area (Å²) in [5.41, 5.74) is 5.13. The van der Waals surface area contributed by atoms with Crippen LogP contribution < -0.4 is 0 Å². The molecule has 0 saturated carbocycles. The van der Waals surface area contributed by atoms with Crippen molar-refractivity contribution in [1.29, 1.82) is 0 Å². The summed E-state index contributed by atoms with van der Waals surface area (Å²) < 4.78 is 0. The van der Waals surface area contributed by atoms with E-state index in [0.29, 0.717) is 0 Å². The molecule has 3 nitrogen and oxygen atoms in total. The van der Waals surface area contributed by atoms with Crippen molar-refractivity contribution in [3.63, 3.8) is 0 Å². The van der Waals surface area contributed by atoms with Crippen molar-refractivity contribution >= 4 is 0 Å². The zero-order valence-corrected chi connectivity index (χ0v) is 10.8. The van der Waals surface area contributed by atoms with Crippen molar-refractivity contribution < 1.29 is 0 Å². The predicted octanol–water partition coefficient (Wildman–Crippen LogP) is 3.03. The third-order valence-electron chi connectivity index (χ3n) is 2.85. The first-order chi connectivity index (χ1) is 8.10. The summed E-state index contributed by atoms with van der Waals surface area (Å²) in [7, 11) is 0. The summed E-state index contributed by atoms with van der Waals surface area (Å²) in [6, 6.07) is 6.07. The molecule has 2 rings (SSSR count). The van der Waals surface area contributed by atoms with E-state index in [4.69, 9.17) is 0 Å². The van der Waals surface area contributed by atoms with Gasteiger partial charge < -0.3 is 0 Å². The third-order valence-corrected chi connectivity index (χ3v) is 2.85. The van der Waals surface area contributed by atoms with E-state index in [2.05, 4.69) is 34.9 Å². The lowest BCUT2D eigenvalue weighted by molar-refractivity contribution is 0.972. The molecule has 0 atom stereocenters. The van der Waals surface area contributed by atoms with Crippen LogP contribution in [0.3, 0.4) is 0 Å². The van der Waals surface area contributed by atoms with E-state index in [-0.39, 0.29) is 0 Å². The highest BCUT2D eigenvalue weighted by Crippen LogP contribution is 2.16. The second-order valence-electron chi connectivity index (χ2n) is 4.28. The van der Waals surface area contributed by atoms with Crippen LogP contribution in [0.15, 0.2) is 18.2 Å². The van der Waals surface area contributed by atoms with Crippen LogP contribution in [0.25, 0.3) is 11.5 Å². The fourth-order valence-corrected chi connectivity index (χ4v) is 1.68. The van der Waals surface area contributed by atoms with Gasteiger partial charge in [-0.05, 0) is 44.9 Å². The zero-order valence-electron chi connectivity index (χ0n) is 10.8. The molecule has 0 aliphatic carbocycles. The van der Waals surface area contributed by atoms with Crippen molar-refractivity contribution in [2.24, 2.45) is 0 Å². The topological polar surface area (TPSA) is 38.7 Å². The van der Waals surface area contributed by atoms with Crippen LogP contribution in [0.4, 0.5) is 0 Å². The maximum atomic E-state index is 4.53. The molecular formula is C14H17N3. The van der Waals surface area contributed by atoms with Gasteiger partial charge in [0.05, 0.1) is 0 Å². The number of pyridine rings is 1. The summed E-state index contributed by atoms with van der Waals surface area (Å²) in [5, 5.41) is 0. The monoisotopic (exact) mass is 227 g/mol. The smallest absolute Gasteiger partial charge is 0.178 e. The Bertz CT molecular complexity index is 547. The second kappa shape index (κ2) is 4.62. The van der Waals surface area contributed by atoms with Crippen LogP contribution in [0.5, 0.6) is 0 Å². The molecule has 0 aliphatic heterocycles. The van der Waals surface area contributed by atoms with E-state index in [1.165, 1.54) is 5.56 Å². The minimum absolute atomic E-state index is 0.727. The highest BCUT2D eigenvalue weighted by atomic mass is 14.9. The first-order valence-corrected chi connectivity index (χ1v) is 5.89. The number of hydrogen-bond acceptors (Lipinski definition) is 3. The van der Waals surface area contributed by atoms with Gasteiger partial charge >= 0.3 is 0 Å². The zero-order chi connectivity index (χ0) is 12.4. The van der Waals surface area contributed by atoms with Gasteiger partial charge in [-0.2, -0.15) is 0 Å². The Morgan fingerprint density at radius 2 is 1.76 bits per heavy atom. The van der Waals surface area contributed by atoms with Gasteiger partial charge in [0, 0.05) is 17.1 Å². The molecule has 0 saturated heterocycles. The molecule has 0 radical (unpaired) electrons. The Hall–Kier alpha value is -1.77. The highest BCUT2D eigenvalue weighted by Gasteiger charge is 2.06. The SMILES string of the molecule is CCc1cc(C)nc(-c2ccc(C)c(C)n2)n1. The molecule has 0 N–H and O–H groups in total. The molecule has 0 spiro atoms. The second-order valence-corrected chi connectivity index (χ2v) is 4.28. The Kier molecular flexibility index (Phi) is 3.18. The molecule has 0 bridgehead atoms. The fourth-order valence-electron chi connectivity index (χ4n) is 1.68. The van der Waals surface area contributed by atoms with Crippen molar-refractivity contribution in [2.75, 3.05) is 0 Å². The largest absolute Gasteiger partial charge is 0.250 e. The molecule has 88 valence electrons. The lowest BCUT2D eigenvalue weighted by Crippen LogP contribution is -1.99. The number of hydrogen-bond donors (Lipinski definition) is 0. The molecule has 2 heterocycles. The summed E-state index contributed by atoms with van der Waals surface area (Å²) in [5.74, 6) is 0.727. The molecule has 0 unspecified atom stereocenters. The minimum Gasteiger partial charge on any atom is -0.250 e.